The van der Waals surface area contributed by atoms with Gasteiger partial charge in [0.2, 0.25) is 6.41 Å². The third-order valence-electron chi connectivity index (χ3n) is 3.37. The second kappa shape index (κ2) is 4.57. The van der Waals surface area contributed by atoms with Crippen LogP contribution in [0.1, 0.15) is 32.1 Å². The van der Waals surface area contributed by atoms with Crippen molar-refractivity contribution >= 4 is 0 Å². The molecule has 0 bridgehead atoms. The maximum atomic E-state index is 9.26. The van der Waals surface area contributed by atoms with Crippen LogP contribution < -0.4 is 0 Å². The summed E-state index contributed by atoms with van der Waals surface area (Å²) in [6, 6.07) is 0. The van der Waals surface area contributed by atoms with Crippen LogP contribution in [-0.2, 0) is 0 Å². The number of hydrogen-bond donors (Lipinski definition) is 2. The summed E-state index contributed by atoms with van der Waals surface area (Å²) >= 11 is 0. The molecule has 0 aromatic heterocycles. The van der Waals surface area contributed by atoms with E-state index >= 15 is 0 Å². The standard InChI is InChI=1S/C10H20N2O2/c13-10(14)12-8-4-7-11-6-3-1-2-5-9(11)12/h9-10,13-14H,1-8H2. The smallest absolute Gasteiger partial charge is 0.214 e. The molecule has 0 spiro atoms. The van der Waals surface area contributed by atoms with E-state index in [9.17, 15) is 10.2 Å². The summed E-state index contributed by atoms with van der Waals surface area (Å²) in [6.45, 7) is 3.06. The van der Waals surface area contributed by atoms with E-state index in [1.54, 1.807) is 0 Å². The van der Waals surface area contributed by atoms with E-state index in [4.69, 9.17) is 0 Å². The normalized spacial score (nSPS) is 31.5. The van der Waals surface area contributed by atoms with Crippen molar-refractivity contribution < 1.29 is 10.2 Å². The fourth-order valence-electron chi connectivity index (χ4n) is 2.66. The summed E-state index contributed by atoms with van der Waals surface area (Å²) in [6.07, 6.45) is 4.87. The van der Waals surface area contributed by atoms with Gasteiger partial charge in [0.1, 0.15) is 0 Å². The van der Waals surface area contributed by atoms with Gasteiger partial charge in [0.05, 0.1) is 6.17 Å². The Balaban J connectivity index is 2.04. The highest BCUT2D eigenvalue weighted by molar-refractivity contribution is 4.80. The number of aliphatic hydroxyl groups excluding tert-OH is 1. The fourth-order valence-corrected chi connectivity index (χ4v) is 2.66. The molecular weight excluding hydrogens is 180 g/mol. The van der Waals surface area contributed by atoms with E-state index in [0.717, 1.165) is 32.5 Å². The third kappa shape index (κ3) is 2.08. The largest absolute Gasteiger partial charge is 0.356 e. The summed E-state index contributed by atoms with van der Waals surface area (Å²) < 4.78 is 0. The van der Waals surface area contributed by atoms with Crippen molar-refractivity contribution in [2.75, 3.05) is 19.6 Å². The van der Waals surface area contributed by atoms with Crippen LogP contribution in [0.3, 0.4) is 0 Å². The summed E-state index contributed by atoms with van der Waals surface area (Å²) in [5.74, 6) is 0. The predicted molar refractivity (Wildman–Crippen MR) is 53.4 cm³/mol. The van der Waals surface area contributed by atoms with Crippen molar-refractivity contribution in [2.45, 2.75) is 44.7 Å². The highest BCUT2D eigenvalue weighted by atomic mass is 16.5. The average molecular weight is 200 g/mol. The van der Waals surface area contributed by atoms with E-state index in [-0.39, 0.29) is 6.17 Å². The van der Waals surface area contributed by atoms with Crippen molar-refractivity contribution in [1.82, 2.24) is 9.80 Å². The van der Waals surface area contributed by atoms with E-state index < -0.39 is 6.41 Å². The molecule has 1 atom stereocenters. The van der Waals surface area contributed by atoms with Gasteiger partial charge in [-0.1, -0.05) is 12.8 Å². The Bertz CT molecular complexity index is 187. The van der Waals surface area contributed by atoms with Crippen molar-refractivity contribution in [1.29, 1.82) is 0 Å². The maximum absolute atomic E-state index is 9.26. The summed E-state index contributed by atoms with van der Waals surface area (Å²) in [7, 11) is 0. The van der Waals surface area contributed by atoms with Gasteiger partial charge < -0.3 is 10.2 Å². The molecule has 2 saturated heterocycles. The molecule has 2 aliphatic rings. The molecule has 0 aromatic carbocycles. The Labute approximate surface area is 85.1 Å². The highest BCUT2D eigenvalue weighted by Crippen LogP contribution is 2.24. The molecule has 14 heavy (non-hydrogen) atoms. The molecule has 2 N–H and O–H groups in total. The maximum Gasteiger partial charge on any atom is 0.214 e. The van der Waals surface area contributed by atoms with Gasteiger partial charge in [0, 0.05) is 13.1 Å². The lowest BCUT2D eigenvalue weighted by molar-refractivity contribution is -0.203. The van der Waals surface area contributed by atoms with Crippen LogP contribution in [0.2, 0.25) is 0 Å². The molecule has 2 heterocycles. The van der Waals surface area contributed by atoms with Crippen molar-refractivity contribution in [3.8, 4) is 0 Å². The fraction of sp³-hybridized carbons (Fsp3) is 1.00. The minimum Gasteiger partial charge on any atom is -0.356 e. The van der Waals surface area contributed by atoms with Gasteiger partial charge in [-0.3, -0.25) is 4.90 Å². The molecule has 4 nitrogen and oxygen atoms in total. The molecule has 0 radical (unpaired) electrons. The zero-order valence-corrected chi connectivity index (χ0v) is 8.60. The molecule has 82 valence electrons. The van der Waals surface area contributed by atoms with E-state index in [0.29, 0.717) is 0 Å². The van der Waals surface area contributed by atoms with Gasteiger partial charge in [-0.2, -0.15) is 0 Å². The van der Waals surface area contributed by atoms with Gasteiger partial charge in [-0.15, -0.1) is 0 Å². The van der Waals surface area contributed by atoms with Gasteiger partial charge in [0.15, 0.2) is 0 Å². The van der Waals surface area contributed by atoms with E-state index in [1.807, 2.05) is 4.90 Å². The number of hydrogen-bond acceptors (Lipinski definition) is 4. The Kier molecular flexibility index (Phi) is 3.38. The Hall–Kier alpha value is -0.160. The molecule has 2 aliphatic heterocycles. The van der Waals surface area contributed by atoms with Crippen LogP contribution in [0, 0.1) is 0 Å². The lowest BCUT2D eigenvalue weighted by Crippen LogP contribution is -2.56. The second-order valence-corrected chi connectivity index (χ2v) is 4.30. The Morgan fingerprint density at radius 3 is 2.50 bits per heavy atom. The quantitative estimate of drug-likeness (QED) is 0.592. The van der Waals surface area contributed by atoms with Crippen molar-refractivity contribution in [3.63, 3.8) is 0 Å². The van der Waals surface area contributed by atoms with Crippen molar-refractivity contribution in [2.24, 2.45) is 0 Å². The van der Waals surface area contributed by atoms with Crippen molar-refractivity contribution in [3.05, 3.63) is 0 Å². The molecule has 0 aliphatic carbocycles. The molecule has 0 aromatic rings. The summed E-state index contributed by atoms with van der Waals surface area (Å²) in [4.78, 5) is 4.21. The molecule has 2 fully saturated rings. The summed E-state index contributed by atoms with van der Waals surface area (Å²) in [5, 5.41) is 18.5. The van der Waals surface area contributed by atoms with Crippen LogP contribution in [0.25, 0.3) is 0 Å². The first-order valence-electron chi connectivity index (χ1n) is 5.65. The van der Waals surface area contributed by atoms with Gasteiger partial charge >= 0.3 is 0 Å². The van der Waals surface area contributed by atoms with Gasteiger partial charge in [-0.05, 0) is 25.8 Å². The first-order chi connectivity index (χ1) is 6.79. The first-order valence-corrected chi connectivity index (χ1v) is 5.65. The SMILES string of the molecule is OC(O)N1CCCN2CCCCCC21. The van der Waals surface area contributed by atoms with Crippen LogP contribution in [-0.4, -0.2) is 52.2 Å². The summed E-state index contributed by atoms with van der Waals surface area (Å²) in [5.41, 5.74) is 0. The predicted octanol–water partition coefficient (Wildman–Crippen LogP) is 0.162. The zero-order chi connectivity index (χ0) is 9.97. The van der Waals surface area contributed by atoms with Crippen LogP contribution >= 0.6 is 0 Å². The lowest BCUT2D eigenvalue weighted by atomic mass is 10.1. The third-order valence-corrected chi connectivity index (χ3v) is 3.37. The number of rotatable bonds is 1. The average Bonchev–Trinajstić information content (AvgIpc) is 2.41. The lowest BCUT2D eigenvalue weighted by Gasteiger charge is -2.43. The topological polar surface area (TPSA) is 46.9 Å². The van der Waals surface area contributed by atoms with Crippen LogP contribution in [0.5, 0.6) is 0 Å². The van der Waals surface area contributed by atoms with E-state index in [1.165, 1.54) is 19.3 Å². The number of fused-ring (bicyclic) bond motifs is 1. The van der Waals surface area contributed by atoms with Crippen LogP contribution in [0.15, 0.2) is 0 Å². The molecule has 4 heteroatoms. The zero-order valence-electron chi connectivity index (χ0n) is 8.60. The molecule has 2 rings (SSSR count). The molecular formula is C10H20N2O2. The van der Waals surface area contributed by atoms with Crippen LogP contribution in [0.4, 0.5) is 0 Å². The Morgan fingerprint density at radius 2 is 1.71 bits per heavy atom. The first kappa shape index (κ1) is 10.4. The highest BCUT2D eigenvalue weighted by Gasteiger charge is 2.32. The second-order valence-electron chi connectivity index (χ2n) is 4.30. The Morgan fingerprint density at radius 1 is 0.929 bits per heavy atom. The molecule has 0 amide bonds. The minimum absolute atomic E-state index is 0.270. The monoisotopic (exact) mass is 200 g/mol. The number of aliphatic hydroxyl groups is 2. The van der Waals surface area contributed by atoms with Gasteiger partial charge in [0.25, 0.3) is 0 Å². The van der Waals surface area contributed by atoms with Gasteiger partial charge in [-0.25, -0.2) is 4.90 Å². The molecule has 1 unspecified atom stereocenters. The number of nitrogens with zero attached hydrogens (tertiary/aromatic N) is 2. The van der Waals surface area contributed by atoms with E-state index in [2.05, 4.69) is 4.90 Å². The minimum atomic E-state index is -1.28. The molecule has 0 saturated carbocycles.